The van der Waals surface area contributed by atoms with Crippen LogP contribution in [0.2, 0.25) is 5.02 Å². The van der Waals surface area contributed by atoms with Gasteiger partial charge in [0, 0.05) is 18.5 Å². The van der Waals surface area contributed by atoms with Gasteiger partial charge >= 0.3 is 0 Å². The first kappa shape index (κ1) is 13.8. The summed E-state index contributed by atoms with van der Waals surface area (Å²) in [6, 6.07) is 7.16. The Balaban J connectivity index is 1.89. The lowest BCUT2D eigenvalue weighted by molar-refractivity contribution is 0.261. The third-order valence-electron chi connectivity index (χ3n) is 2.73. The number of aryl methyl sites for hydroxylation is 1. The van der Waals surface area contributed by atoms with Crippen molar-refractivity contribution in [3.05, 3.63) is 41.4 Å². The molecule has 0 aliphatic carbocycles. The summed E-state index contributed by atoms with van der Waals surface area (Å²) in [6.07, 6.45) is 2.16. The van der Waals surface area contributed by atoms with Crippen molar-refractivity contribution in [1.29, 1.82) is 0 Å². The fraction of sp³-hybridized carbons (Fsp3) is 0.333. The highest BCUT2D eigenvalue weighted by Crippen LogP contribution is 2.15. The maximum atomic E-state index is 5.81. The summed E-state index contributed by atoms with van der Waals surface area (Å²) in [5, 5.41) is 4.69. The summed E-state index contributed by atoms with van der Waals surface area (Å²) in [7, 11) is 1.84. The van der Waals surface area contributed by atoms with E-state index >= 15 is 0 Å². The van der Waals surface area contributed by atoms with Crippen LogP contribution in [0.3, 0.4) is 0 Å². The lowest BCUT2D eigenvalue weighted by atomic mass is 10.2. The van der Waals surface area contributed by atoms with Crippen LogP contribution in [-0.2, 0) is 13.5 Å². The lowest BCUT2D eigenvalue weighted by Crippen LogP contribution is -2.41. The zero-order valence-electron chi connectivity index (χ0n) is 10.6. The van der Waals surface area contributed by atoms with Gasteiger partial charge in [0.1, 0.15) is 24.5 Å². The monoisotopic (exact) mass is 281 g/mol. The summed E-state index contributed by atoms with van der Waals surface area (Å²) in [6.45, 7) is 0.436. The Labute approximate surface area is 116 Å². The predicted octanol–water partition coefficient (Wildman–Crippen LogP) is 0.922. The van der Waals surface area contributed by atoms with Crippen molar-refractivity contribution in [3.8, 4) is 5.75 Å². The average molecular weight is 282 g/mol. The van der Waals surface area contributed by atoms with Crippen LogP contribution in [-0.4, -0.2) is 27.4 Å². The van der Waals surface area contributed by atoms with Gasteiger partial charge in [-0.05, 0) is 24.3 Å². The molecule has 0 fully saturated rings. The molecular formula is C12H16ClN5O. The van der Waals surface area contributed by atoms with E-state index in [-0.39, 0.29) is 6.04 Å². The van der Waals surface area contributed by atoms with Crippen LogP contribution < -0.4 is 16.0 Å². The minimum atomic E-state index is -0.0430. The Hall–Kier alpha value is -1.63. The third kappa shape index (κ3) is 3.92. The molecule has 1 aromatic carbocycles. The second-order valence-electron chi connectivity index (χ2n) is 4.13. The van der Waals surface area contributed by atoms with Crippen LogP contribution >= 0.6 is 11.6 Å². The smallest absolute Gasteiger partial charge is 0.138 e. The molecule has 0 saturated carbocycles. The fourth-order valence-electron chi connectivity index (χ4n) is 1.62. The molecule has 102 valence electrons. The van der Waals surface area contributed by atoms with Gasteiger partial charge in [-0.3, -0.25) is 16.0 Å². The van der Waals surface area contributed by atoms with Crippen LogP contribution in [0, 0.1) is 0 Å². The Kier molecular flexibility index (Phi) is 4.73. The van der Waals surface area contributed by atoms with Crippen molar-refractivity contribution in [2.45, 2.75) is 12.5 Å². The van der Waals surface area contributed by atoms with Gasteiger partial charge in [-0.25, -0.2) is 4.98 Å². The quantitative estimate of drug-likeness (QED) is 0.608. The number of ether oxygens (including phenoxy) is 1. The molecular weight excluding hydrogens is 266 g/mol. The Bertz CT molecular complexity index is 513. The normalized spacial score (nSPS) is 12.4. The molecule has 2 rings (SSSR count). The minimum Gasteiger partial charge on any atom is -0.492 e. The summed E-state index contributed by atoms with van der Waals surface area (Å²) in [5.74, 6) is 7.12. The molecule has 0 aliphatic rings. The van der Waals surface area contributed by atoms with E-state index < -0.39 is 0 Å². The second-order valence-corrected chi connectivity index (χ2v) is 4.57. The van der Waals surface area contributed by atoms with E-state index in [0.717, 1.165) is 11.6 Å². The number of nitrogens with zero attached hydrogens (tertiary/aromatic N) is 3. The summed E-state index contributed by atoms with van der Waals surface area (Å²) < 4.78 is 7.36. The highest BCUT2D eigenvalue weighted by molar-refractivity contribution is 6.30. The van der Waals surface area contributed by atoms with E-state index in [2.05, 4.69) is 15.5 Å². The summed E-state index contributed by atoms with van der Waals surface area (Å²) in [5.41, 5.74) is 2.72. The first-order valence-electron chi connectivity index (χ1n) is 5.86. The Morgan fingerprint density at radius 1 is 1.42 bits per heavy atom. The van der Waals surface area contributed by atoms with Gasteiger partial charge in [0.25, 0.3) is 0 Å². The molecule has 0 bridgehead atoms. The third-order valence-corrected chi connectivity index (χ3v) is 2.99. The molecule has 1 aromatic heterocycles. The zero-order chi connectivity index (χ0) is 13.7. The van der Waals surface area contributed by atoms with Gasteiger partial charge in [-0.15, -0.1) is 0 Å². The molecule has 6 nitrogen and oxygen atoms in total. The molecule has 19 heavy (non-hydrogen) atoms. The molecule has 2 aromatic rings. The fourth-order valence-corrected chi connectivity index (χ4v) is 1.74. The summed E-state index contributed by atoms with van der Waals surface area (Å²) in [4.78, 5) is 4.15. The molecule has 7 heteroatoms. The Morgan fingerprint density at radius 3 is 2.74 bits per heavy atom. The van der Waals surface area contributed by atoms with Crippen molar-refractivity contribution < 1.29 is 4.74 Å². The topological polar surface area (TPSA) is 78.0 Å². The van der Waals surface area contributed by atoms with Crippen LogP contribution in [0.5, 0.6) is 5.75 Å². The van der Waals surface area contributed by atoms with Crippen molar-refractivity contribution in [2.24, 2.45) is 12.9 Å². The van der Waals surface area contributed by atoms with Crippen molar-refractivity contribution in [2.75, 3.05) is 6.61 Å². The maximum Gasteiger partial charge on any atom is 0.138 e. The zero-order valence-corrected chi connectivity index (χ0v) is 11.3. The first-order chi connectivity index (χ1) is 9.19. The molecule has 0 spiro atoms. The van der Waals surface area contributed by atoms with E-state index in [0.29, 0.717) is 18.1 Å². The number of halogens is 1. The van der Waals surface area contributed by atoms with Crippen molar-refractivity contribution in [1.82, 2.24) is 20.2 Å². The van der Waals surface area contributed by atoms with Crippen LogP contribution in [0.1, 0.15) is 5.82 Å². The number of rotatable bonds is 6. The van der Waals surface area contributed by atoms with Gasteiger partial charge in [-0.1, -0.05) is 11.6 Å². The van der Waals surface area contributed by atoms with Gasteiger partial charge in [0.05, 0.1) is 6.04 Å². The number of hydrogen-bond acceptors (Lipinski definition) is 5. The number of hydrazine groups is 1. The van der Waals surface area contributed by atoms with Gasteiger partial charge < -0.3 is 4.74 Å². The maximum absolute atomic E-state index is 5.81. The summed E-state index contributed by atoms with van der Waals surface area (Å²) >= 11 is 5.81. The van der Waals surface area contributed by atoms with Gasteiger partial charge in [0.15, 0.2) is 0 Å². The Morgan fingerprint density at radius 2 is 2.16 bits per heavy atom. The number of nitrogens with two attached hydrogens (primary N) is 1. The number of nitrogens with one attached hydrogen (secondary N) is 1. The van der Waals surface area contributed by atoms with Gasteiger partial charge in [-0.2, -0.15) is 5.10 Å². The van der Waals surface area contributed by atoms with Crippen molar-refractivity contribution >= 4 is 11.6 Å². The molecule has 1 atom stereocenters. The number of aromatic nitrogens is 3. The lowest BCUT2D eigenvalue weighted by Gasteiger charge is -2.16. The molecule has 0 saturated heterocycles. The number of hydrogen-bond donors (Lipinski definition) is 2. The van der Waals surface area contributed by atoms with Crippen LogP contribution in [0.4, 0.5) is 0 Å². The SMILES string of the molecule is Cn1ncnc1CC(COc1ccc(Cl)cc1)NN. The molecule has 0 amide bonds. The molecule has 3 N–H and O–H groups in total. The van der Waals surface area contributed by atoms with Crippen molar-refractivity contribution in [3.63, 3.8) is 0 Å². The van der Waals surface area contributed by atoms with E-state index in [1.54, 1.807) is 16.8 Å². The first-order valence-corrected chi connectivity index (χ1v) is 6.24. The second kappa shape index (κ2) is 6.51. The highest BCUT2D eigenvalue weighted by Gasteiger charge is 2.12. The van der Waals surface area contributed by atoms with E-state index in [1.807, 2.05) is 19.2 Å². The minimum absolute atomic E-state index is 0.0430. The highest BCUT2D eigenvalue weighted by atomic mass is 35.5. The standard InChI is InChI=1S/C12H16ClN5O/c1-18-12(15-8-16-18)6-10(17-14)7-19-11-4-2-9(13)3-5-11/h2-5,8,10,17H,6-7,14H2,1H3. The number of benzene rings is 1. The van der Waals surface area contributed by atoms with E-state index in [9.17, 15) is 0 Å². The predicted molar refractivity (Wildman–Crippen MR) is 72.8 cm³/mol. The van der Waals surface area contributed by atoms with Crippen LogP contribution in [0.15, 0.2) is 30.6 Å². The molecule has 0 radical (unpaired) electrons. The van der Waals surface area contributed by atoms with E-state index in [1.165, 1.54) is 6.33 Å². The largest absolute Gasteiger partial charge is 0.492 e. The molecule has 1 heterocycles. The molecule has 1 unspecified atom stereocenters. The van der Waals surface area contributed by atoms with E-state index in [4.69, 9.17) is 22.2 Å². The average Bonchev–Trinajstić information content (AvgIpc) is 2.82. The van der Waals surface area contributed by atoms with Crippen LogP contribution in [0.25, 0.3) is 0 Å². The van der Waals surface area contributed by atoms with Gasteiger partial charge in [0.2, 0.25) is 0 Å². The molecule has 0 aliphatic heterocycles.